The fourth-order valence-corrected chi connectivity index (χ4v) is 4.20. The van der Waals surface area contributed by atoms with E-state index in [0.717, 1.165) is 11.3 Å². The molecule has 1 heterocycles. The minimum absolute atomic E-state index is 0.0477. The predicted octanol–water partition coefficient (Wildman–Crippen LogP) is 5.50. The van der Waals surface area contributed by atoms with Crippen LogP contribution in [0.15, 0.2) is 84.9 Å². The second-order valence-corrected chi connectivity index (χ2v) is 7.62. The lowest BCUT2D eigenvalue weighted by Gasteiger charge is -2.24. The van der Waals surface area contributed by atoms with Gasteiger partial charge in [-0.1, -0.05) is 72.8 Å². The number of rotatable bonds is 6. The molecule has 1 N–H and O–H groups in total. The van der Waals surface area contributed by atoms with Crippen LogP contribution in [-0.4, -0.2) is 20.3 Å². The summed E-state index contributed by atoms with van der Waals surface area (Å²) in [6.45, 7) is 1.75. The zero-order chi connectivity index (χ0) is 21.0. The molecule has 1 aliphatic heterocycles. The standard InChI is InChI=1S/C27H25NO3/c1-29-24-16-19(17-25-27(24)31-15-14-30-25)18-28-26(21-9-3-2-4-10-21)23-13-7-11-20-8-5-6-12-22(20)23/h2-13,16-17,26,28H,14-15,18H2,1H3. The van der Waals surface area contributed by atoms with Gasteiger partial charge in [-0.3, -0.25) is 0 Å². The van der Waals surface area contributed by atoms with Crippen molar-refractivity contribution in [1.29, 1.82) is 0 Å². The third-order valence-electron chi connectivity index (χ3n) is 5.67. The van der Waals surface area contributed by atoms with Crippen LogP contribution in [0, 0.1) is 0 Å². The van der Waals surface area contributed by atoms with Crippen molar-refractivity contribution in [3.8, 4) is 17.2 Å². The summed E-state index contributed by atoms with van der Waals surface area (Å²) in [5, 5.41) is 6.26. The van der Waals surface area contributed by atoms with E-state index in [1.807, 2.05) is 12.1 Å². The van der Waals surface area contributed by atoms with Gasteiger partial charge >= 0.3 is 0 Å². The van der Waals surface area contributed by atoms with Gasteiger partial charge < -0.3 is 19.5 Å². The first-order valence-corrected chi connectivity index (χ1v) is 10.6. The van der Waals surface area contributed by atoms with Crippen molar-refractivity contribution in [1.82, 2.24) is 5.32 Å². The molecule has 1 atom stereocenters. The second-order valence-electron chi connectivity index (χ2n) is 7.62. The lowest BCUT2D eigenvalue weighted by Crippen LogP contribution is -2.23. The number of benzene rings is 4. The summed E-state index contributed by atoms with van der Waals surface area (Å²) in [6, 6.07) is 29.7. The Bertz CT molecular complexity index is 1170. The van der Waals surface area contributed by atoms with Crippen LogP contribution in [-0.2, 0) is 6.54 Å². The van der Waals surface area contributed by atoms with Crippen molar-refractivity contribution in [3.63, 3.8) is 0 Å². The molecule has 0 amide bonds. The van der Waals surface area contributed by atoms with E-state index in [2.05, 4.69) is 78.1 Å². The molecule has 0 bridgehead atoms. The van der Waals surface area contributed by atoms with Gasteiger partial charge in [-0.05, 0) is 39.6 Å². The molecule has 1 aliphatic rings. The third kappa shape index (κ3) is 3.94. The minimum Gasteiger partial charge on any atom is -0.493 e. The van der Waals surface area contributed by atoms with Crippen LogP contribution in [0.3, 0.4) is 0 Å². The van der Waals surface area contributed by atoms with E-state index in [9.17, 15) is 0 Å². The van der Waals surface area contributed by atoms with Crippen molar-refractivity contribution >= 4 is 10.8 Å². The van der Waals surface area contributed by atoms with Crippen molar-refractivity contribution in [2.75, 3.05) is 20.3 Å². The molecule has 5 rings (SSSR count). The lowest BCUT2D eigenvalue weighted by molar-refractivity contribution is 0.165. The predicted molar refractivity (Wildman–Crippen MR) is 123 cm³/mol. The highest BCUT2D eigenvalue weighted by molar-refractivity contribution is 5.86. The van der Waals surface area contributed by atoms with E-state index >= 15 is 0 Å². The molecule has 0 fully saturated rings. The topological polar surface area (TPSA) is 39.7 Å². The highest BCUT2D eigenvalue weighted by Gasteiger charge is 2.20. The Kier molecular flexibility index (Phi) is 5.46. The molecule has 0 saturated carbocycles. The Labute approximate surface area is 182 Å². The maximum atomic E-state index is 5.81. The fraction of sp³-hybridized carbons (Fsp3) is 0.185. The normalized spacial score (nSPS) is 13.7. The van der Waals surface area contributed by atoms with E-state index in [0.29, 0.717) is 31.3 Å². The van der Waals surface area contributed by atoms with E-state index in [1.54, 1.807) is 7.11 Å². The number of ether oxygens (including phenoxy) is 3. The number of fused-ring (bicyclic) bond motifs is 2. The van der Waals surface area contributed by atoms with Gasteiger partial charge in [-0.2, -0.15) is 0 Å². The molecule has 4 nitrogen and oxygen atoms in total. The molecule has 0 radical (unpaired) electrons. The molecule has 4 aromatic carbocycles. The molecule has 4 heteroatoms. The Morgan fingerprint density at radius 3 is 2.52 bits per heavy atom. The van der Waals surface area contributed by atoms with E-state index in [-0.39, 0.29) is 6.04 Å². The first-order valence-electron chi connectivity index (χ1n) is 10.6. The first kappa shape index (κ1) is 19.5. The summed E-state index contributed by atoms with van der Waals surface area (Å²) in [5.41, 5.74) is 3.57. The van der Waals surface area contributed by atoms with Gasteiger partial charge in [0.1, 0.15) is 13.2 Å². The lowest BCUT2D eigenvalue weighted by atomic mass is 9.93. The fourth-order valence-electron chi connectivity index (χ4n) is 4.20. The average Bonchev–Trinajstić information content (AvgIpc) is 2.84. The Hall–Kier alpha value is -3.50. The Morgan fingerprint density at radius 2 is 1.65 bits per heavy atom. The molecular formula is C27H25NO3. The van der Waals surface area contributed by atoms with E-state index in [1.165, 1.54) is 21.9 Å². The van der Waals surface area contributed by atoms with Gasteiger partial charge in [0.25, 0.3) is 0 Å². The zero-order valence-electron chi connectivity index (χ0n) is 17.5. The second kappa shape index (κ2) is 8.70. The maximum absolute atomic E-state index is 5.81. The van der Waals surface area contributed by atoms with Gasteiger partial charge in [-0.15, -0.1) is 0 Å². The summed E-state index contributed by atoms with van der Waals surface area (Å²) < 4.78 is 17.1. The monoisotopic (exact) mass is 411 g/mol. The molecule has 31 heavy (non-hydrogen) atoms. The van der Waals surface area contributed by atoms with E-state index in [4.69, 9.17) is 14.2 Å². The largest absolute Gasteiger partial charge is 0.493 e. The average molecular weight is 412 g/mol. The smallest absolute Gasteiger partial charge is 0.203 e. The summed E-state index contributed by atoms with van der Waals surface area (Å²) in [7, 11) is 1.66. The molecule has 0 aliphatic carbocycles. The van der Waals surface area contributed by atoms with Crippen molar-refractivity contribution < 1.29 is 14.2 Å². The van der Waals surface area contributed by atoms with Crippen LogP contribution in [0.1, 0.15) is 22.7 Å². The SMILES string of the molecule is COc1cc(CNC(c2ccccc2)c2cccc3ccccc23)cc2c1OCCO2. The number of methoxy groups -OCH3 is 1. The Balaban J connectivity index is 1.51. The van der Waals surface area contributed by atoms with Crippen LogP contribution >= 0.6 is 0 Å². The van der Waals surface area contributed by atoms with Crippen molar-refractivity contribution in [2.45, 2.75) is 12.6 Å². The maximum Gasteiger partial charge on any atom is 0.203 e. The van der Waals surface area contributed by atoms with Crippen LogP contribution in [0.4, 0.5) is 0 Å². The summed E-state index contributed by atoms with van der Waals surface area (Å²) in [6.07, 6.45) is 0. The highest BCUT2D eigenvalue weighted by Crippen LogP contribution is 2.40. The number of hydrogen-bond acceptors (Lipinski definition) is 4. The van der Waals surface area contributed by atoms with Gasteiger partial charge in [0, 0.05) is 6.54 Å². The Morgan fingerprint density at radius 1 is 0.871 bits per heavy atom. The molecule has 156 valence electrons. The van der Waals surface area contributed by atoms with Gasteiger partial charge in [0.05, 0.1) is 13.2 Å². The van der Waals surface area contributed by atoms with Gasteiger partial charge in [-0.25, -0.2) is 0 Å². The molecule has 1 unspecified atom stereocenters. The summed E-state index contributed by atoms with van der Waals surface area (Å²) in [5.74, 6) is 2.13. The van der Waals surface area contributed by atoms with Crippen LogP contribution in [0.5, 0.6) is 17.2 Å². The number of hydrogen-bond donors (Lipinski definition) is 1. The van der Waals surface area contributed by atoms with Gasteiger partial charge in [0.15, 0.2) is 11.5 Å². The molecular weight excluding hydrogens is 386 g/mol. The third-order valence-corrected chi connectivity index (χ3v) is 5.67. The minimum atomic E-state index is 0.0477. The molecule has 0 saturated heterocycles. The molecule has 0 spiro atoms. The highest BCUT2D eigenvalue weighted by atomic mass is 16.6. The van der Waals surface area contributed by atoms with Crippen LogP contribution < -0.4 is 19.5 Å². The summed E-state index contributed by atoms with van der Waals surface area (Å²) in [4.78, 5) is 0. The van der Waals surface area contributed by atoms with Crippen LogP contribution in [0.25, 0.3) is 10.8 Å². The first-order chi connectivity index (χ1) is 15.3. The van der Waals surface area contributed by atoms with Crippen LogP contribution in [0.2, 0.25) is 0 Å². The summed E-state index contributed by atoms with van der Waals surface area (Å²) >= 11 is 0. The quantitative estimate of drug-likeness (QED) is 0.455. The van der Waals surface area contributed by atoms with E-state index < -0.39 is 0 Å². The van der Waals surface area contributed by atoms with Crippen molar-refractivity contribution in [2.24, 2.45) is 0 Å². The molecule has 0 aromatic heterocycles. The zero-order valence-corrected chi connectivity index (χ0v) is 17.5. The number of nitrogens with one attached hydrogen (secondary N) is 1. The molecule has 4 aromatic rings. The van der Waals surface area contributed by atoms with Gasteiger partial charge in [0.2, 0.25) is 5.75 Å². The van der Waals surface area contributed by atoms with Crippen molar-refractivity contribution in [3.05, 3.63) is 102 Å².